The standard InChI is InChI=1S/C10H21NO5S/c1-4-6-11(7-10(12)13)17(14,15)8-9(5-2)16-3/h9H,4-8H2,1-3H3,(H,12,13). The van der Waals surface area contributed by atoms with Crippen LogP contribution in [-0.2, 0) is 19.6 Å². The molecule has 0 aliphatic rings. The Morgan fingerprint density at radius 3 is 2.35 bits per heavy atom. The Morgan fingerprint density at radius 2 is 2.00 bits per heavy atom. The maximum Gasteiger partial charge on any atom is 0.318 e. The molecule has 0 aliphatic heterocycles. The number of carboxylic acid groups (broad SMARTS) is 1. The summed E-state index contributed by atoms with van der Waals surface area (Å²) < 4.78 is 29.9. The average Bonchev–Trinajstić information content (AvgIpc) is 2.24. The lowest BCUT2D eigenvalue weighted by atomic mass is 10.3. The number of rotatable bonds is 9. The van der Waals surface area contributed by atoms with E-state index in [4.69, 9.17) is 9.84 Å². The van der Waals surface area contributed by atoms with Gasteiger partial charge in [-0.3, -0.25) is 4.79 Å². The lowest BCUT2D eigenvalue weighted by Gasteiger charge is -2.22. The minimum Gasteiger partial charge on any atom is -0.480 e. The predicted molar refractivity (Wildman–Crippen MR) is 64.4 cm³/mol. The fourth-order valence-corrected chi connectivity index (χ4v) is 3.23. The van der Waals surface area contributed by atoms with Crippen molar-refractivity contribution in [2.75, 3.05) is 26.0 Å². The molecule has 0 aromatic carbocycles. The van der Waals surface area contributed by atoms with Crippen molar-refractivity contribution in [3.8, 4) is 0 Å². The normalized spacial score (nSPS) is 13.9. The van der Waals surface area contributed by atoms with Crippen molar-refractivity contribution in [1.29, 1.82) is 0 Å². The van der Waals surface area contributed by atoms with Crippen LogP contribution in [0.25, 0.3) is 0 Å². The number of hydrogen-bond donors (Lipinski definition) is 1. The van der Waals surface area contributed by atoms with E-state index in [1.165, 1.54) is 7.11 Å². The van der Waals surface area contributed by atoms with Crippen molar-refractivity contribution in [3.63, 3.8) is 0 Å². The van der Waals surface area contributed by atoms with Crippen molar-refractivity contribution in [3.05, 3.63) is 0 Å². The molecule has 17 heavy (non-hydrogen) atoms. The van der Waals surface area contributed by atoms with E-state index in [1.807, 2.05) is 6.92 Å². The lowest BCUT2D eigenvalue weighted by molar-refractivity contribution is -0.137. The zero-order chi connectivity index (χ0) is 13.5. The quantitative estimate of drug-likeness (QED) is 0.659. The Morgan fingerprint density at radius 1 is 1.41 bits per heavy atom. The number of hydrogen-bond acceptors (Lipinski definition) is 4. The summed E-state index contributed by atoms with van der Waals surface area (Å²) in [5, 5.41) is 8.69. The summed E-state index contributed by atoms with van der Waals surface area (Å²) in [5.41, 5.74) is 0. The van der Waals surface area contributed by atoms with Crippen LogP contribution in [0.4, 0.5) is 0 Å². The van der Waals surface area contributed by atoms with Crippen LogP contribution in [0.3, 0.4) is 0 Å². The van der Waals surface area contributed by atoms with Crippen molar-refractivity contribution in [2.45, 2.75) is 32.8 Å². The van der Waals surface area contributed by atoms with Gasteiger partial charge in [-0.1, -0.05) is 13.8 Å². The van der Waals surface area contributed by atoms with Gasteiger partial charge in [0.05, 0.1) is 11.9 Å². The largest absolute Gasteiger partial charge is 0.480 e. The number of nitrogens with zero attached hydrogens (tertiary/aromatic N) is 1. The molecule has 0 heterocycles. The van der Waals surface area contributed by atoms with Crippen LogP contribution >= 0.6 is 0 Å². The van der Waals surface area contributed by atoms with Crippen LogP contribution in [0, 0.1) is 0 Å². The molecule has 0 fully saturated rings. The average molecular weight is 267 g/mol. The predicted octanol–water partition coefficient (Wildman–Crippen LogP) is 0.538. The molecule has 102 valence electrons. The van der Waals surface area contributed by atoms with Crippen LogP contribution in [0.1, 0.15) is 26.7 Å². The Kier molecular flexibility index (Phi) is 7.33. The van der Waals surface area contributed by atoms with E-state index in [1.54, 1.807) is 6.92 Å². The van der Waals surface area contributed by atoms with Crippen molar-refractivity contribution in [2.24, 2.45) is 0 Å². The van der Waals surface area contributed by atoms with Gasteiger partial charge in [0.1, 0.15) is 6.54 Å². The minimum absolute atomic E-state index is 0.173. The number of sulfonamides is 1. The van der Waals surface area contributed by atoms with E-state index in [2.05, 4.69) is 0 Å². The summed E-state index contributed by atoms with van der Waals surface area (Å²) in [7, 11) is -2.13. The maximum absolute atomic E-state index is 12.0. The topological polar surface area (TPSA) is 83.9 Å². The van der Waals surface area contributed by atoms with Gasteiger partial charge >= 0.3 is 5.97 Å². The zero-order valence-corrected chi connectivity index (χ0v) is 11.4. The van der Waals surface area contributed by atoms with Gasteiger partial charge in [-0.2, -0.15) is 4.31 Å². The third kappa shape index (κ3) is 5.99. The fourth-order valence-electron chi connectivity index (χ4n) is 1.41. The van der Waals surface area contributed by atoms with Gasteiger partial charge in [-0.25, -0.2) is 8.42 Å². The molecule has 7 heteroatoms. The van der Waals surface area contributed by atoms with E-state index in [9.17, 15) is 13.2 Å². The highest BCUT2D eigenvalue weighted by atomic mass is 32.2. The summed E-state index contributed by atoms with van der Waals surface area (Å²) >= 11 is 0. The van der Waals surface area contributed by atoms with Gasteiger partial charge in [0, 0.05) is 13.7 Å². The third-order valence-corrected chi connectivity index (χ3v) is 4.25. The lowest BCUT2D eigenvalue weighted by Crippen LogP contribution is -2.40. The first kappa shape index (κ1) is 16.3. The SMILES string of the molecule is CCCN(CC(=O)O)S(=O)(=O)CC(CC)OC. The second-order valence-electron chi connectivity index (χ2n) is 3.77. The first-order chi connectivity index (χ1) is 7.87. The molecule has 0 aromatic rings. The fraction of sp³-hybridized carbons (Fsp3) is 0.900. The molecule has 0 aromatic heterocycles. The summed E-state index contributed by atoms with van der Waals surface area (Å²) in [5.74, 6) is -1.32. The second-order valence-corrected chi connectivity index (χ2v) is 5.79. The number of carboxylic acids is 1. The molecule has 0 amide bonds. The van der Waals surface area contributed by atoms with Crippen molar-refractivity contribution >= 4 is 16.0 Å². The van der Waals surface area contributed by atoms with Gasteiger partial charge in [0.15, 0.2) is 0 Å². The van der Waals surface area contributed by atoms with E-state index < -0.39 is 28.6 Å². The molecule has 1 atom stereocenters. The number of carbonyl (C=O) groups is 1. The molecule has 1 unspecified atom stereocenters. The van der Waals surface area contributed by atoms with Gasteiger partial charge < -0.3 is 9.84 Å². The Bertz CT molecular complexity index is 324. The van der Waals surface area contributed by atoms with E-state index in [0.717, 1.165) is 4.31 Å². The molecular formula is C10H21NO5S. The summed E-state index contributed by atoms with van der Waals surface area (Å²) in [6.45, 7) is 3.36. The van der Waals surface area contributed by atoms with E-state index in [-0.39, 0.29) is 12.3 Å². The first-order valence-electron chi connectivity index (χ1n) is 5.59. The van der Waals surface area contributed by atoms with Crippen LogP contribution in [0.5, 0.6) is 0 Å². The van der Waals surface area contributed by atoms with Crippen LogP contribution in [-0.4, -0.2) is 55.9 Å². The van der Waals surface area contributed by atoms with Crippen molar-refractivity contribution in [1.82, 2.24) is 4.31 Å². The van der Waals surface area contributed by atoms with Gasteiger partial charge in [-0.05, 0) is 12.8 Å². The van der Waals surface area contributed by atoms with Gasteiger partial charge in [-0.15, -0.1) is 0 Å². The Hall–Kier alpha value is -0.660. The molecular weight excluding hydrogens is 246 g/mol. The highest BCUT2D eigenvalue weighted by molar-refractivity contribution is 7.89. The summed E-state index contributed by atoms with van der Waals surface area (Å²) in [4.78, 5) is 10.6. The number of aliphatic carboxylic acids is 1. The van der Waals surface area contributed by atoms with Crippen LogP contribution in [0.15, 0.2) is 0 Å². The first-order valence-corrected chi connectivity index (χ1v) is 7.20. The molecule has 0 bridgehead atoms. The van der Waals surface area contributed by atoms with Crippen LogP contribution in [0.2, 0.25) is 0 Å². The van der Waals surface area contributed by atoms with Crippen molar-refractivity contribution < 1.29 is 23.1 Å². The third-order valence-electron chi connectivity index (χ3n) is 2.36. The molecule has 0 rings (SSSR count). The number of methoxy groups -OCH3 is 1. The molecule has 0 radical (unpaired) electrons. The Balaban J connectivity index is 4.75. The highest BCUT2D eigenvalue weighted by Gasteiger charge is 2.26. The molecule has 1 N–H and O–H groups in total. The molecule has 0 spiro atoms. The molecule has 0 saturated carbocycles. The summed E-state index contributed by atoms with van der Waals surface area (Å²) in [6.07, 6.45) is 0.757. The molecule has 0 saturated heterocycles. The van der Waals surface area contributed by atoms with Gasteiger partial charge in [0.2, 0.25) is 10.0 Å². The number of ether oxygens (including phenoxy) is 1. The highest BCUT2D eigenvalue weighted by Crippen LogP contribution is 2.08. The monoisotopic (exact) mass is 267 g/mol. The smallest absolute Gasteiger partial charge is 0.318 e. The van der Waals surface area contributed by atoms with E-state index in [0.29, 0.717) is 12.8 Å². The second kappa shape index (κ2) is 7.62. The van der Waals surface area contributed by atoms with Crippen LogP contribution < -0.4 is 0 Å². The zero-order valence-electron chi connectivity index (χ0n) is 10.5. The summed E-state index contributed by atoms with van der Waals surface area (Å²) in [6, 6.07) is 0. The Labute approximate surface area is 103 Å². The van der Waals surface area contributed by atoms with E-state index >= 15 is 0 Å². The van der Waals surface area contributed by atoms with Gasteiger partial charge in [0.25, 0.3) is 0 Å². The minimum atomic E-state index is -3.58. The maximum atomic E-state index is 12.0. The molecule has 0 aliphatic carbocycles. The molecule has 6 nitrogen and oxygen atoms in total.